The number of rotatable bonds is 4. The van der Waals surface area contributed by atoms with Gasteiger partial charge in [0, 0.05) is 23.7 Å². The van der Waals surface area contributed by atoms with Gasteiger partial charge in [-0.15, -0.1) is 11.3 Å². The lowest BCUT2D eigenvalue weighted by atomic mass is 9.98. The lowest BCUT2D eigenvalue weighted by Gasteiger charge is -2.33. The molecule has 1 aliphatic rings. The zero-order chi connectivity index (χ0) is 19.8. The average Bonchev–Trinajstić information content (AvgIpc) is 3.11. The van der Waals surface area contributed by atoms with E-state index in [1.54, 1.807) is 6.07 Å². The number of aromatic hydroxyl groups is 1. The Bertz CT molecular complexity index is 1070. The van der Waals surface area contributed by atoms with E-state index in [2.05, 4.69) is 16.8 Å². The van der Waals surface area contributed by atoms with Gasteiger partial charge in [0.15, 0.2) is 0 Å². The van der Waals surface area contributed by atoms with E-state index in [1.165, 1.54) is 24.0 Å². The first-order valence-electron chi connectivity index (χ1n) is 9.95. The van der Waals surface area contributed by atoms with Crippen LogP contribution in [0, 0.1) is 6.92 Å². The van der Waals surface area contributed by atoms with Gasteiger partial charge in [-0.2, -0.15) is 0 Å². The van der Waals surface area contributed by atoms with Gasteiger partial charge in [-0.25, -0.2) is 4.98 Å². The van der Waals surface area contributed by atoms with Crippen molar-refractivity contribution >= 4 is 22.3 Å². The Kier molecular flexibility index (Phi) is 5.25. The summed E-state index contributed by atoms with van der Waals surface area (Å²) in [4.78, 5) is 20.0. The molecule has 28 heavy (non-hydrogen) atoms. The van der Waals surface area contributed by atoms with Crippen molar-refractivity contribution in [3.05, 3.63) is 44.8 Å². The standard InChI is InChI=1S/C22H26N2O3S/c1-4-15-9-16-20(26)18(22-23-13(2)12-28-22)11-27-21(16)17(19(15)25)10-24-8-6-5-7-14(24)3/h9,11-12,14,25H,4-8,10H2,1-3H3/t14-/m0/s1. The van der Waals surface area contributed by atoms with Gasteiger partial charge in [-0.05, 0) is 51.3 Å². The molecular weight excluding hydrogens is 372 g/mol. The Morgan fingerprint density at radius 3 is 2.89 bits per heavy atom. The van der Waals surface area contributed by atoms with Crippen molar-refractivity contribution in [3.63, 3.8) is 0 Å². The maximum absolute atomic E-state index is 13.2. The minimum absolute atomic E-state index is 0.0850. The van der Waals surface area contributed by atoms with Crippen LogP contribution in [0.3, 0.4) is 0 Å². The molecule has 6 heteroatoms. The van der Waals surface area contributed by atoms with Crippen molar-refractivity contribution in [1.82, 2.24) is 9.88 Å². The Morgan fingerprint density at radius 1 is 1.39 bits per heavy atom. The molecule has 0 bridgehead atoms. The molecule has 0 amide bonds. The lowest BCUT2D eigenvalue weighted by molar-refractivity contribution is 0.151. The first-order chi connectivity index (χ1) is 13.5. The van der Waals surface area contributed by atoms with E-state index in [-0.39, 0.29) is 11.2 Å². The number of aryl methyl sites for hydroxylation is 2. The number of nitrogens with zero attached hydrogens (tertiary/aromatic N) is 2. The van der Waals surface area contributed by atoms with Crippen LogP contribution in [0.5, 0.6) is 5.75 Å². The van der Waals surface area contributed by atoms with Gasteiger partial charge in [0.05, 0.1) is 16.5 Å². The second kappa shape index (κ2) is 7.68. The fourth-order valence-corrected chi connectivity index (χ4v) is 4.83. The molecule has 4 rings (SSSR count). The average molecular weight is 399 g/mol. The molecule has 1 aromatic carbocycles. The van der Waals surface area contributed by atoms with Crippen molar-refractivity contribution in [2.45, 2.75) is 59.0 Å². The number of likely N-dealkylation sites (tertiary alicyclic amines) is 1. The Labute approximate surface area is 168 Å². The SMILES string of the molecule is CCc1cc2c(=O)c(-c3nc(C)cs3)coc2c(CN2CCCC[C@@H]2C)c1O. The molecule has 0 saturated carbocycles. The molecule has 0 unspecified atom stereocenters. The summed E-state index contributed by atoms with van der Waals surface area (Å²) in [6.45, 7) is 7.72. The zero-order valence-corrected chi connectivity index (χ0v) is 17.4. The van der Waals surface area contributed by atoms with Crippen LogP contribution < -0.4 is 5.43 Å². The van der Waals surface area contributed by atoms with E-state index >= 15 is 0 Å². The maximum Gasteiger partial charge on any atom is 0.202 e. The van der Waals surface area contributed by atoms with Gasteiger partial charge in [0.25, 0.3) is 0 Å². The molecule has 2 aromatic heterocycles. The quantitative estimate of drug-likeness (QED) is 0.679. The minimum Gasteiger partial charge on any atom is -0.507 e. The summed E-state index contributed by atoms with van der Waals surface area (Å²) in [5.41, 5.74) is 3.29. The number of phenolic OH excluding ortho intramolecular Hbond substituents is 1. The number of hydrogen-bond acceptors (Lipinski definition) is 6. The van der Waals surface area contributed by atoms with Gasteiger partial charge in [-0.1, -0.05) is 13.3 Å². The van der Waals surface area contributed by atoms with E-state index < -0.39 is 0 Å². The maximum atomic E-state index is 13.2. The van der Waals surface area contributed by atoms with Crippen LogP contribution in [0.1, 0.15) is 49.9 Å². The number of hydrogen-bond donors (Lipinski definition) is 1. The lowest BCUT2D eigenvalue weighted by Crippen LogP contribution is -2.36. The van der Waals surface area contributed by atoms with Crippen LogP contribution in [-0.2, 0) is 13.0 Å². The third-order valence-corrected chi connectivity index (χ3v) is 6.74. The molecule has 0 spiro atoms. The molecule has 1 fully saturated rings. The molecule has 3 heterocycles. The number of phenols is 1. The van der Waals surface area contributed by atoms with Crippen LogP contribution in [0.2, 0.25) is 0 Å². The summed E-state index contributed by atoms with van der Waals surface area (Å²) in [6, 6.07) is 2.24. The first kappa shape index (κ1) is 19.2. The summed E-state index contributed by atoms with van der Waals surface area (Å²) in [7, 11) is 0. The zero-order valence-electron chi connectivity index (χ0n) is 16.6. The molecular formula is C22H26N2O3S. The minimum atomic E-state index is -0.0850. The van der Waals surface area contributed by atoms with E-state index in [0.717, 1.165) is 36.2 Å². The molecule has 1 atom stereocenters. The number of piperidine rings is 1. The van der Waals surface area contributed by atoms with Crippen molar-refractivity contribution < 1.29 is 9.52 Å². The predicted octanol–water partition coefficient (Wildman–Crippen LogP) is 4.87. The summed E-state index contributed by atoms with van der Waals surface area (Å²) < 4.78 is 5.96. The predicted molar refractivity (Wildman–Crippen MR) is 113 cm³/mol. The van der Waals surface area contributed by atoms with E-state index in [9.17, 15) is 9.90 Å². The second-order valence-corrected chi connectivity index (χ2v) is 8.54. The van der Waals surface area contributed by atoms with E-state index in [4.69, 9.17) is 4.42 Å². The highest BCUT2D eigenvalue weighted by molar-refractivity contribution is 7.13. The Morgan fingerprint density at radius 2 is 2.21 bits per heavy atom. The first-order valence-corrected chi connectivity index (χ1v) is 10.8. The highest BCUT2D eigenvalue weighted by Crippen LogP contribution is 2.34. The molecule has 5 nitrogen and oxygen atoms in total. The van der Waals surface area contributed by atoms with Gasteiger partial charge in [0.1, 0.15) is 22.6 Å². The fraction of sp³-hybridized carbons (Fsp3) is 0.455. The van der Waals surface area contributed by atoms with Gasteiger partial charge in [-0.3, -0.25) is 9.69 Å². The molecule has 0 aliphatic carbocycles. The second-order valence-electron chi connectivity index (χ2n) is 7.68. The van der Waals surface area contributed by atoms with Crippen LogP contribution in [0.4, 0.5) is 0 Å². The largest absolute Gasteiger partial charge is 0.507 e. The number of fused-ring (bicyclic) bond motifs is 1. The smallest absolute Gasteiger partial charge is 0.202 e. The Balaban J connectivity index is 1.87. The van der Waals surface area contributed by atoms with E-state index in [1.807, 2.05) is 19.2 Å². The number of aromatic nitrogens is 1. The monoisotopic (exact) mass is 398 g/mol. The topological polar surface area (TPSA) is 66.6 Å². The molecule has 1 N–H and O–H groups in total. The summed E-state index contributed by atoms with van der Waals surface area (Å²) in [5.74, 6) is 0.258. The molecule has 1 saturated heterocycles. The third kappa shape index (κ3) is 3.35. The summed E-state index contributed by atoms with van der Waals surface area (Å²) in [5, 5.41) is 14.0. The van der Waals surface area contributed by atoms with Crippen LogP contribution >= 0.6 is 11.3 Å². The highest BCUT2D eigenvalue weighted by Gasteiger charge is 2.24. The fourth-order valence-electron chi connectivity index (χ4n) is 4.03. The third-order valence-electron chi connectivity index (χ3n) is 5.74. The molecule has 0 radical (unpaired) electrons. The van der Waals surface area contributed by atoms with Gasteiger partial charge >= 0.3 is 0 Å². The van der Waals surface area contributed by atoms with Crippen LogP contribution in [0.25, 0.3) is 21.5 Å². The summed E-state index contributed by atoms with van der Waals surface area (Å²) in [6.07, 6.45) is 5.71. The van der Waals surface area contributed by atoms with Crippen LogP contribution in [-0.4, -0.2) is 27.6 Å². The van der Waals surface area contributed by atoms with Gasteiger partial charge < -0.3 is 9.52 Å². The Hall–Kier alpha value is -2.18. The normalized spacial score (nSPS) is 18.0. The van der Waals surface area contributed by atoms with Gasteiger partial charge in [0.2, 0.25) is 5.43 Å². The molecule has 1 aliphatic heterocycles. The van der Waals surface area contributed by atoms with Crippen molar-refractivity contribution in [1.29, 1.82) is 0 Å². The molecule has 148 valence electrons. The van der Waals surface area contributed by atoms with Crippen LogP contribution in [0.15, 0.2) is 26.9 Å². The van der Waals surface area contributed by atoms with Crippen molar-refractivity contribution in [2.24, 2.45) is 0 Å². The van der Waals surface area contributed by atoms with E-state index in [0.29, 0.717) is 40.5 Å². The van der Waals surface area contributed by atoms with Crippen molar-refractivity contribution in [2.75, 3.05) is 6.54 Å². The molecule has 3 aromatic rings. The highest BCUT2D eigenvalue weighted by atomic mass is 32.1. The van der Waals surface area contributed by atoms with Crippen molar-refractivity contribution in [3.8, 4) is 16.3 Å². The number of thiazole rings is 1. The summed E-state index contributed by atoms with van der Waals surface area (Å²) >= 11 is 1.44. The number of benzene rings is 1.